The van der Waals surface area contributed by atoms with Gasteiger partial charge in [0, 0.05) is 28.4 Å². The summed E-state index contributed by atoms with van der Waals surface area (Å²) >= 11 is 5.85. The Bertz CT molecular complexity index is 509. The van der Waals surface area contributed by atoms with Crippen molar-refractivity contribution in [3.8, 4) is 11.4 Å². The normalized spacial score (nSPS) is 10.5. The third kappa shape index (κ3) is 3.02. The molecule has 1 heterocycles. The van der Waals surface area contributed by atoms with Crippen molar-refractivity contribution in [2.24, 2.45) is 5.73 Å². The highest BCUT2D eigenvalue weighted by atomic mass is 35.5. The van der Waals surface area contributed by atoms with Gasteiger partial charge in [-0.25, -0.2) is 9.97 Å². The maximum atomic E-state index is 5.85. The Balaban J connectivity index is 2.40. The van der Waals surface area contributed by atoms with Crippen LogP contribution in [0.25, 0.3) is 11.4 Å². The third-order valence-electron chi connectivity index (χ3n) is 2.41. The van der Waals surface area contributed by atoms with E-state index in [2.05, 4.69) is 9.97 Å². The van der Waals surface area contributed by atoms with E-state index in [9.17, 15) is 0 Å². The van der Waals surface area contributed by atoms with Crippen LogP contribution in [0, 0.1) is 6.92 Å². The Morgan fingerprint density at radius 3 is 2.53 bits per heavy atom. The van der Waals surface area contributed by atoms with E-state index in [1.165, 1.54) is 0 Å². The van der Waals surface area contributed by atoms with Gasteiger partial charge in [0.15, 0.2) is 5.82 Å². The molecule has 0 radical (unpaired) electrons. The molecule has 0 saturated carbocycles. The predicted octanol–water partition coefficient (Wildman–Crippen LogP) is 2.61. The molecule has 0 aliphatic rings. The maximum Gasteiger partial charge on any atom is 0.159 e. The summed E-state index contributed by atoms with van der Waals surface area (Å²) in [6.07, 6.45) is 0.768. The number of nitrogens with zero attached hydrogens (tertiary/aromatic N) is 2. The zero-order valence-corrected chi connectivity index (χ0v) is 10.4. The van der Waals surface area contributed by atoms with Gasteiger partial charge in [-0.3, -0.25) is 0 Å². The quantitative estimate of drug-likeness (QED) is 0.907. The Hall–Kier alpha value is -1.45. The fourth-order valence-corrected chi connectivity index (χ4v) is 1.76. The molecule has 2 N–H and O–H groups in total. The highest BCUT2D eigenvalue weighted by Crippen LogP contribution is 2.18. The SMILES string of the molecule is Cc1cc(CCN)nc(-c2ccc(Cl)cc2)n1. The van der Waals surface area contributed by atoms with Crippen LogP contribution in [0.3, 0.4) is 0 Å². The van der Waals surface area contributed by atoms with Gasteiger partial charge >= 0.3 is 0 Å². The molecule has 3 nitrogen and oxygen atoms in total. The molecule has 0 aliphatic carbocycles. The van der Waals surface area contributed by atoms with Crippen LogP contribution in [0.15, 0.2) is 30.3 Å². The van der Waals surface area contributed by atoms with Gasteiger partial charge in [-0.2, -0.15) is 0 Å². The standard InChI is InChI=1S/C13H14ClN3/c1-9-8-12(6-7-15)17-13(16-9)10-2-4-11(14)5-3-10/h2-5,8H,6-7,15H2,1H3. The molecule has 2 rings (SSSR count). The van der Waals surface area contributed by atoms with Crippen LogP contribution in [0.5, 0.6) is 0 Å². The van der Waals surface area contributed by atoms with Gasteiger partial charge in [0.1, 0.15) is 0 Å². The average Bonchev–Trinajstić information content (AvgIpc) is 2.29. The van der Waals surface area contributed by atoms with Gasteiger partial charge in [-0.05, 0) is 43.8 Å². The lowest BCUT2D eigenvalue weighted by atomic mass is 10.2. The second kappa shape index (κ2) is 5.25. The van der Waals surface area contributed by atoms with E-state index in [4.69, 9.17) is 17.3 Å². The molecule has 0 bridgehead atoms. The molecule has 1 aromatic carbocycles. The van der Waals surface area contributed by atoms with Gasteiger partial charge in [-0.15, -0.1) is 0 Å². The van der Waals surface area contributed by atoms with Crippen molar-refractivity contribution >= 4 is 11.6 Å². The first-order chi connectivity index (χ1) is 8.19. The number of aromatic nitrogens is 2. The molecule has 17 heavy (non-hydrogen) atoms. The fourth-order valence-electron chi connectivity index (χ4n) is 1.64. The molecule has 0 unspecified atom stereocenters. The van der Waals surface area contributed by atoms with Crippen molar-refractivity contribution in [3.63, 3.8) is 0 Å². The number of hydrogen-bond donors (Lipinski definition) is 1. The van der Waals surface area contributed by atoms with Gasteiger partial charge in [-0.1, -0.05) is 11.6 Å². The summed E-state index contributed by atoms with van der Waals surface area (Å²) in [5.41, 5.74) is 8.44. The summed E-state index contributed by atoms with van der Waals surface area (Å²) in [6.45, 7) is 2.55. The monoisotopic (exact) mass is 247 g/mol. The van der Waals surface area contributed by atoms with Gasteiger partial charge in [0.25, 0.3) is 0 Å². The second-order valence-corrected chi connectivity index (χ2v) is 4.31. The minimum atomic E-state index is 0.594. The molecule has 0 atom stereocenters. The highest BCUT2D eigenvalue weighted by Gasteiger charge is 2.04. The first kappa shape index (κ1) is 12.0. The first-order valence-electron chi connectivity index (χ1n) is 5.49. The molecular formula is C13H14ClN3. The lowest BCUT2D eigenvalue weighted by Crippen LogP contribution is -2.06. The zero-order chi connectivity index (χ0) is 12.3. The number of hydrogen-bond acceptors (Lipinski definition) is 3. The van der Waals surface area contributed by atoms with Crippen molar-refractivity contribution in [1.29, 1.82) is 0 Å². The van der Waals surface area contributed by atoms with E-state index in [1.807, 2.05) is 37.3 Å². The molecule has 0 spiro atoms. The average molecular weight is 248 g/mol. The number of nitrogens with two attached hydrogens (primary N) is 1. The van der Waals surface area contributed by atoms with Crippen LogP contribution in [0.1, 0.15) is 11.4 Å². The predicted molar refractivity (Wildman–Crippen MR) is 70.0 cm³/mol. The van der Waals surface area contributed by atoms with Crippen LogP contribution in [0.4, 0.5) is 0 Å². The molecular weight excluding hydrogens is 234 g/mol. The van der Waals surface area contributed by atoms with Crippen LogP contribution in [-0.2, 0) is 6.42 Å². The van der Waals surface area contributed by atoms with Crippen molar-refractivity contribution in [2.75, 3.05) is 6.54 Å². The first-order valence-corrected chi connectivity index (χ1v) is 5.87. The molecule has 2 aromatic rings. The molecule has 0 amide bonds. The van der Waals surface area contributed by atoms with Gasteiger partial charge < -0.3 is 5.73 Å². The minimum Gasteiger partial charge on any atom is -0.330 e. The fraction of sp³-hybridized carbons (Fsp3) is 0.231. The minimum absolute atomic E-state index is 0.594. The highest BCUT2D eigenvalue weighted by molar-refractivity contribution is 6.30. The smallest absolute Gasteiger partial charge is 0.159 e. The number of aryl methyl sites for hydroxylation is 1. The number of halogens is 1. The molecule has 0 saturated heterocycles. The molecule has 0 fully saturated rings. The topological polar surface area (TPSA) is 51.8 Å². The Labute approximate surface area is 106 Å². The Kier molecular flexibility index (Phi) is 3.71. The van der Waals surface area contributed by atoms with Gasteiger partial charge in [0.05, 0.1) is 0 Å². The molecule has 88 valence electrons. The van der Waals surface area contributed by atoms with Crippen LogP contribution < -0.4 is 5.73 Å². The Morgan fingerprint density at radius 2 is 1.88 bits per heavy atom. The summed E-state index contributed by atoms with van der Waals surface area (Å²) < 4.78 is 0. The summed E-state index contributed by atoms with van der Waals surface area (Å²) in [4.78, 5) is 8.91. The maximum absolute atomic E-state index is 5.85. The van der Waals surface area contributed by atoms with E-state index in [0.717, 1.165) is 29.2 Å². The van der Waals surface area contributed by atoms with E-state index < -0.39 is 0 Å². The van der Waals surface area contributed by atoms with E-state index >= 15 is 0 Å². The Morgan fingerprint density at radius 1 is 1.18 bits per heavy atom. The summed E-state index contributed by atoms with van der Waals surface area (Å²) in [7, 11) is 0. The van der Waals surface area contributed by atoms with Crippen molar-refractivity contribution in [3.05, 3.63) is 46.7 Å². The van der Waals surface area contributed by atoms with E-state index in [1.54, 1.807) is 0 Å². The van der Waals surface area contributed by atoms with Crippen molar-refractivity contribution < 1.29 is 0 Å². The summed E-state index contributed by atoms with van der Waals surface area (Å²) in [6, 6.07) is 9.48. The number of benzene rings is 1. The van der Waals surface area contributed by atoms with Crippen molar-refractivity contribution in [2.45, 2.75) is 13.3 Å². The lowest BCUT2D eigenvalue weighted by molar-refractivity contribution is 0.905. The summed E-state index contributed by atoms with van der Waals surface area (Å²) in [5, 5.41) is 0.712. The van der Waals surface area contributed by atoms with Crippen LogP contribution in [-0.4, -0.2) is 16.5 Å². The zero-order valence-electron chi connectivity index (χ0n) is 9.65. The van der Waals surface area contributed by atoms with Crippen LogP contribution >= 0.6 is 11.6 Å². The summed E-state index contributed by atoms with van der Waals surface area (Å²) in [5.74, 6) is 0.727. The van der Waals surface area contributed by atoms with Crippen LogP contribution in [0.2, 0.25) is 5.02 Å². The largest absolute Gasteiger partial charge is 0.330 e. The van der Waals surface area contributed by atoms with Crippen molar-refractivity contribution in [1.82, 2.24) is 9.97 Å². The molecule has 0 aliphatic heterocycles. The third-order valence-corrected chi connectivity index (χ3v) is 2.66. The van der Waals surface area contributed by atoms with E-state index in [-0.39, 0.29) is 0 Å². The number of rotatable bonds is 3. The van der Waals surface area contributed by atoms with E-state index in [0.29, 0.717) is 11.6 Å². The second-order valence-electron chi connectivity index (χ2n) is 3.87. The molecule has 1 aromatic heterocycles. The van der Waals surface area contributed by atoms with Gasteiger partial charge in [0.2, 0.25) is 0 Å². The molecule has 4 heteroatoms. The lowest BCUT2D eigenvalue weighted by Gasteiger charge is -2.05.